The quantitative estimate of drug-likeness (QED) is 0.0356. The summed E-state index contributed by atoms with van der Waals surface area (Å²) in [5.74, 6) is 2.28. The molecule has 9 nitrogen and oxygen atoms in total. The van der Waals surface area contributed by atoms with Crippen molar-refractivity contribution in [2.45, 2.75) is 97.4 Å². The average Bonchev–Trinajstić information content (AvgIpc) is 3.04. The van der Waals surface area contributed by atoms with Crippen LogP contribution in [0, 0.1) is 17.8 Å². The second kappa shape index (κ2) is 19.8. The summed E-state index contributed by atoms with van der Waals surface area (Å²) >= 11 is 0. The van der Waals surface area contributed by atoms with Gasteiger partial charge in [0.2, 0.25) is 0 Å². The molecule has 1 aliphatic carbocycles. The van der Waals surface area contributed by atoms with Gasteiger partial charge in [-0.1, -0.05) is 71.4 Å². The van der Waals surface area contributed by atoms with Crippen LogP contribution in [-0.2, 0) is 17.6 Å². The standard InChI is InChI=1S/C38H58N4O5/c1-26(2)10-9-11-27(3)30(16-18-32(43)17-14-28-15-19-34(44)35(24-28)46-5)22-29-23-33(37(45)36(25-29)47-21-20-40-4)42-38(39)41-31-12-7-6-8-13-31/h15-16,18-19,23-27,30-31,40,44-45H,6-14,17,20-22H2,1-5H3,(H3,39,41,42)/t27-,30+/m1/s1. The van der Waals surface area contributed by atoms with Gasteiger partial charge in [0.15, 0.2) is 34.7 Å². The number of likely N-dealkylation sites (N-methyl/N-ethyl adjacent to an activating group) is 1. The molecule has 2 aromatic carbocycles. The van der Waals surface area contributed by atoms with Crippen LogP contribution in [0.1, 0.15) is 89.7 Å². The summed E-state index contributed by atoms with van der Waals surface area (Å²) < 4.78 is 11.2. The minimum atomic E-state index is 0.00441. The van der Waals surface area contributed by atoms with Gasteiger partial charge in [-0.25, -0.2) is 4.99 Å². The number of ether oxygens (including phenoxy) is 2. The zero-order chi connectivity index (χ0) is 34.2. The Labute approximate surface area is 282 Å². The summed E-state index contributed by atoms with van der Waals surface area (Å²) in [5, 5.41) is 27.3. The number of allylic oxidation sites excluding steroid dienone is 2. The van der Waals surface area contributed by atoms with Gasteiger partial charge in [0.1, 0.15) is 6.61 Å². The molecule has 0 unspecified atom stereocenters. The molecule has 0 aliphatic heterocycles. The predicted molar refractivity (Wildman–Crippen MR) is 192 cm³/mol. The number of methoxy groups -OCH3 is 1. The van der Waals surface area contributed by atoms with Gasteiger partial charge in [0, 0.05) is 13.0 Å². The second-order valence-corrected chi connectivity index (χ2v) is 13.4. The van der Waals surface area contributed by atoms with Gasteiger partial charge in [-0.3, -0.25) is 4.79 Å². The van der Waals surface area contributed by atoms with Crippen LogP contribution < -0.4 is 25.8 Å². The Kier molecular flexibility index (Phi) is 15.9. The number of nitrogens with one attached hydrogen (secondary N) is 2. The van der Waals surface area contributed by atoms with Gasteiger partial charge < -0.3 is 36.1 Å². The Balaban J connectivity index is 1.82. The molecule has 0 saturated heterocycles. The number of benzene rings is 2. The highest BCUT2D eigenvalue weighted by atomic mass is 16.5. The van der Waals surface area contributed by atoms with Gasteiger partial charge in [-0.05, 0) is 92.0 Å². The van der Waals surface area contributed by atoms with E-state index in [0.29, 0.717) is 67.4 Å². The molecule has 2 atom stereocenters. The molecule has 6 N–H and O–H groups in total. The Bertz CT molecular complexity index is 1320. The van der Waals surface area contributed by atoms with E-state index in [2.05, 4.69) is 37.5 Å². The molecule has 260 valence electrons. The number of aromatic hydroxyl groups is 2. The van der Waals surface area contributed by atoms with Crippen LogP contribution in [0.25, 0.3) is 0 Å². The third-order valence-electron chi connectivity index (χ3n) is 8.98. The molecule has 1 aliphatic rings. The number of phenols is 2. The molecule has 3 rings (SSSR count). The van der Waals surface area contributed by atoms with E-state index in [0.717, 1.165) is 56.1 Å². The average molecular weight is 651 g/mol. The van der Waals surface area contributed by atoms with Crippen molar-refractivity contribution in [2.75, 3.05) is 32.6 Å². The topological polar surface area (TPSA) is 138 Å². The highest BCUT2D eigenvalue weighted by Crippen LogP contribution is 2.38. The zero-order valence-corrected chi connectivity index (χ0v) is 29.2. The number of ketones is 1. The Morgan fingerprint density at radius 3 is 2.51 bits per heavy atom. The van der Waals surface area contributed by atoms with E-state index in [4.69, 9.17) is 20.2 Å². The van der Waals surface area contributed by atoms with Crippen molar-refractivity contribution in [2.24, 2.45) is 28.5 Å². The van der Waals surface area contributed by atoms with Gasteiger partial charge in [0.05, 0.1) is 18.8 Å². The molecule has 0 heterocycles. The highest BCUT2D eigenvalue weighted by molar-refractivity contribution is 5.94. The van der Waals surface area contributed by atoms with E-state index in [9.17, 15) is 15.0 Å². The third-order valence-corrected chi connectivity index (χ3v) is 8.98. The Morgan fingerprint density at radius 1 is 1.06 bits per heavy atom. The van der Waals surface area contributed by atoms with E-state index >= 15 is 0 Å². The number of anilines is 1. The number of hydrogen-bond donors (Lipinski definition) is 5. The summed E-state index contributed by atoms with van der Waals surface area (Å²) in [4.78, 5) is 17.7. The lowest BCUT2D eigenvalue weighted by atomic mass is 9.83. The van der Waals surface area contributed by atoms with E-state index in [1.54, 1.807) is 18.2 Å². The SMILES string of the molecule is CNCCOc1cc(C[C@H](C=CC(=O)CCc2ccc(O)c(OC)c2)[C@H](C)CCCC(C)C)cc(NC(N)=NC2CCCCC2)c1O. The number of carbonyl (C=O) groups is 1. The molecule has 0 spiro atoms. The lowest BCUT2D eigenvalue weighted by molar-refractivity contribution is -0.114. The van der Waals surface area contributed by atoms with Crippen LogP contribution in [0.3, 0.4) is 0 Å². The summed E-state index contributed by atoms with van der Waals surface area (Å²) in [5.41, 5.74) is 8.71. The number of guanidine groups is 1. The third kappa shape index (κ3) is 13.1. The molecule has 1 fully saturated rings. The molecule has 9 heteroatoms. The Hall–Kier alpha value is -3.72. The van der Waals surface area contributed by atoms with Crippen molar-refractivity contribution < 1.29 is 24.5 Å². The van der Waals surface area contributed by atoms with Crippen LogP contribution in [0.2, 0.25) is 0 Å². The summed E-state index contributed by atoms with van der Waals surface area (Å²) in [7, 11) is 3.37. The first-order valence-electron chi connectivity index (χ1n) is 17.4. The minimum absolute atomic E-state index is 0.00441. The second-order valence-electron chi connectivity index (χ2n) is 13.4. The monoisotopic (exact) mass is 650 g/mol. The maximum Gasteiger partial charge on any atom is 0.193 e. The van der Waals surface area contributed by atoms with Gasteiger partial charge in [-0.2, -0.15) is 0 Å². The molecule has 0 bridgehead atoms. The highest BCUT2D eigenvalue weighted by Gasteiger charge is 2.20. The summed E-state index contributed by atoms with van der Waals surface area (Å²) in [6, 6.07) is 9.19. The maximum atomic E-state index is 13.0. The first kappa shape index (κ1) is 37.7. The Morgan fingerprint density at radius 2 is 1.81 bits per heavy atom. The van der Waals surface area contributed by atoms with Gasteiger partial charge in [0.25, 0.3) is 0 Å². The number of phenolic OH excluding ortho intramolecular Hbond substituents is 2. The normalized spacial score (nSPS) is 15.6. The first-order chi connectivity index (χ1) is 22.6. The van der Waals surface area contributed by atoms with Crippen LogP contribution >= 0.6 is 0 Å². The maximum absolute atomic E-state index is 13.0. The molecular formula is C38H58N4O5. The predicted octanol–water partition coefficient (Wildman–Crippen LogP) is 7.14. The molecule has 47 heavy (non-hydrogen) atoms. The summed E-state index contributed by atoms with van der Waals surface area (Å²) in [6.07, 6.45) is 14.3. The molecule has 0 radical (unpaired) electrons. The minimum Gasteiger partial charge on any atom is -0.504 e. The first-order valence-corrected chi connectivity index (χ1v) is 17.4. The van der Waals surface area contributed by atoms with Crippen molar-refractivity contribution in [3.05, 3.63) is 53.6 Å². The largest absolute Gasteiger partial charge is 0.504 e. The molecular weight excluding hydrogens is 592 g/mol. The molecule has 0 amide bonds. The smallest absolute Gasteiger partial charge is 0.193 e. The van der Waals surface area contributed by atoms with Crippen molar-refractivity contribution in [3.63, 3.8) is 0 Å². The van der Waals surface area contributed by atoms with Crippen LogP contribution in [0.4, 0.5) is 5.69 Å². The molecule has 0 aromatic heterocycles. The fourth-order valence-electron chi connectivity index (χ4n) is 6.08. The number of nitrogens with zero attached hydrogens (tertiary/aromatic N) is 1. The lowest BCUT2D eigenvalue weighted by Gasteiger charge is -2.23. The number of hydrogen-bond acceptors (Lipinski definition) is 7. The van der Waals surface area contributed by atoms with Crippen molar-refractivity contribution in [1.82, 2.24) is 5.32 Å². The summed E-state index contributed by atoms with van der Waals surface area (Å²) in [6.45, 7) is 7.77. The number of carbonyl (C=O) groups excluding carboxylic acids is 1. The fourth-order valence-corrected chi connectivity index (χ4v) is 6.08. The van der Waals surface area contributed by atoms with Crippen LogP contribution in [0.5, 0.6) is 23.0 Å². The van der Waals surface area contributed by atoms with Crippen molar-refractivity contribution >= 4 is 17.4 Å². The number of aryl methyl sites for hydroxylation is 1. The number of rotatable bonds is 19. The van der Waals surface area contributed by atoms with E-state index in [1.807, 2.05) is 25.2 Å². The molecule has 2 aromatic rings. The van der Waals surface area contributed by atoms with E-state index in [1.165, 1.54) is 13.5 Å². The van der Waals surface area contributed by atoms with E-state index < -0.39 is 0 Å². The van der Waals surface area contributed by atoms with Crippen LogP contribution in [0.15, 0.2) is 47.5 Å². The van der Waals surface area contributed by atoms with Gasteiger partial charge >= 0.3 is 0 Å². The molecule has 1 saturated carbocycles. The lowest BCUT2D eigenvalue weighted by Crippen LogP contribution is -2.26. The van der Waals surface area contributed by atoms with Crippen molar-refractivity contribution in [3.8, 4) is 23.0 Å². The zero-order valence-electron chi connectivity index (χ0n) is 29.2. The fraction of sp³-hybridized carbons (Fsp3) is 0.579. The van der Waals surface area contributed by atoms with E-state index in [-0.39, 0.29) is 29.2 Å². The number of nitrogens with two attached hydrogens (primary N) is 1. The van der Waals surface area contributed by atoms with Crippen LogP contribution in [-0.4, -0.2) is 55.3 Å². The number of aliphatic imine (C=N–C) groups is 1. The van der Waals surface area contributed by atoms with Crippen molar-refractivity contribution in [1.29, 1.82) is 0 Å². The van der Waals surface area contributed by atoms with Gasteiger partial charge in [-0.15, -0.1) is 0 Å².